The van der Waals surface area contributed by atoms with Crippen LogP contribution in [-0.2, 0) is 13.9 Å². The van der Waals surface area contributed by atoms with Gasteiger partial charge in [0.15, 0.2) is 8.32 Å². The zero-order chi connectivity index (χ0) is 26.1. The Kier molecular flexibility index (Phi) is 7.53. The summed E-state index contributed by atoms with van der Waals surface area (Å²) in [5, 5.41) is 9.26. The van der Waals surface area contributed by atoms with E-state index in [1.54, 1.807) is 13.0 Å². The second-order valence-corrected chi connectivity index (χ2v) is 15.0. The van der Waals surface area contributed by atoms with Gasteiger partial charge in [-0.3, -0.25) is 14.3 Å². The minimum atomic E-state index is -2.26. The third kappa shape index (κ3) is 5.80. The molecule has 1 saturated heterocycles. The van der Waals surface area contributed by atoms with Crippen LogP contribution in [0.2, 0.25) is 18.1 Å². The fourth-order valence-corrected chi connectivity index (χ4v) is 4.94. The van der Waals surface area contributed by atoms with E-state index in [-0.39, 0.29) is 22.8 Å². The van der Waals surface area contributed by atoms with Crippen LogP contribution in [0, 0.1) is 6.92 Å². The number of aromatic amines is 1. The zero-order valence-corrected chi connectivity index (χ0v) is 21.8. The van der Waals surface area contributed by atoms with Crippen molar-refractivity contribution in [3.63, 3.8) is 0 Å². The topological polar surface area (TPSA) is 137 Å². The van der Waals surface area contributed by atoms with Crippen LogP contribution in [0.25, 0.3) is 0 Å². The molecule has 11 heteroatoms. The van der Waals surface area contributed by atoms with Crippen molar-refractivity contribution in [1.29, 1.82) is 0 Å². The smallest absolute Gasteiger partial charge is 0.339 e. The average molecular weight is 505 g/mol. The Morgan fingerprint density at radius 1 is 1.20 bits per heavy atom. The van der Waals surface area contributed by atoms with Crippen LogP contribution in [-0.4, -0.2) is 53.7 Å². The zero-order valence-electron chi connectivity index (χ0n) is 20.8. The van der Waals surface area contributed by atoms with Gasteiger partial charge in [-0.1, -0.05) is 32.9 Å². The molecule has 2 aromatic rings. The highest BCUT2D eigenvalue weighted by Crippen LogP contribution is 2.41. The van der Waals surface area contributed by atoms with Crippen molar-refractivity contribution in [2.24, 2.45) is 0 Å². The second kappa shape index (κ2) is 9.92. The maximum Gasteiger partial charge on any atom is 0.339 e. The first-order chi connectivity index (χ1) is 16.2. The molecule has 1 aliphatic rings. The first kappa shape index (κ1) is 26.6. The highest BCUT2D eigenvalue weighted by atomic mass is 28.4. The predicted octanol–water partition coefficient (Wildman–Crippen LogP) is 3.08. The van der Waals surface area contributed by atoms with Gasteiger partial charge in [0.2, 0.25) is 0 Å². The number of carbonyl (C=O) groups excluding carboxylic acids is 1. The Labute approximate surface area is 204 Å². The number of H-pyrrole nitrogens is 1. The van der Waals surface area contributed by atoms with Crippen molar-refractivity contribution in [2.45, 2.75) is 70.7 Å². The molecule has 0 saturated carbocycles. The van der Waals surface area contributed by atoms with E-state index in [1.807, 2.05) is 0 Å². The van der Waals surface area contributed by atoms with Crippen LogP contribution >= 0.6 is 0 Å². The molecule has 0 bridgehead atoms. The standard InChI is InChI=1S/C24H32N2O8Si/c1-14-12-26(23(31)25-20(14)27)19-11-17(34-35(5,6)24(2,3)4)18(33-19)13-32-22(30)16-10-8-7-9-15(16)21(28)29/h7-10,12,17-19H,11,13H2,1-6H3,(H,28,29)(H,25,27,31)/t17-,18+,19+/m0/s1. The van der Waals surface area contributed by atoms with Crippen molar-refractivity contribution in [2.75, 3.05) is 6.61 Å². The number of benzene rings is 1. The maximum absolute atomic E-state index is 12.7. The van der Waals surface area contributed by atoms with Crippen LogP contribution in [0.1, 0.15) is 59.7 Å². The number of carboxylic acids is 1. The molecule has 1 fully saturated rings. The molecule has 1 aliphatic heterocycles. The number of rotatable bonds is 7. The first-order valence-corrected chi connectivity index (χ1v) is 14.3. The van der Waals surface area contributed by atoms with Gasteiger partial charge in [0, 0.05) is 18.2 Å². The Hall–Kier alpha value is -3.02. The van der Waals surface area contributed by atoms with E-state index in [0.717, 1.165) is 0 Å². The first-order valence-electron chi connectivity index (χ1n) is 11.4. The predicted molar refractivity (Wildman–Crippen MR) is 130 cm³/mol. The third-order valence-corrected chi connectivity index (χ3v) is 11.1. The lowest BCUT2D eigenvalue weighted by molar-refractivity contribution is -0.0514. The SMILES string of the molecule is Cc1cn([C@H]2C[C@H](O[Si](C)(C)C(C)(C)C)[C@@H](COC(=O)c3ccccc3C(=O)O)O2)c(=O)[nH]c1=O. The lowest BCUT2D eigenvalue weighted by Crippen LogP contribution is -2.46. The van der Waals surface area contributed by atoms with Gasteiger partial charge in [0.25, 0.3) is 5.56 Å². The molecule has 1 aromatic carbocycles. The van der Waals surface area contributed by atoms with Crippen molar-refractivity contribution in [3.05, 3.63) is 68.0 Å². The summed E-state index contributed by atoms with van der Waals surface area (Å²) >= 11 is 0. The van der Waals surface area contributed by atoms with Gasteiger partial charge in [-0.15, -0.1) is 0 Å². The van der Waals surface area contributed by atoms with Crippen LogP contribution in [0.3, 0.4) is 0 Å². The second-order valence-electron chi connectivity index (χ2n) is 10.2. The lowest BCUT2D eigenvalue weighted by Gasteiger charge is -2.39. The van der Waals surface area contributed by atoms with Gasteiger partial charge in [0.05, 0.1) is 17.2 Å². The summed E-state index contributed by atoms with van der Waals surface area (Å²) in [6, 6.07) is 5.79. The molecule has 35 heavy (non-hydrogen) atoms. The van der Waals surface area contributed by atoms with Crippen LogP contribution in [0.15, 0.2) is 40.1 Å². The maximum atomic E-state index is 12.7. The van der Waals surface area contributed by atoms with E-state index in [9.17, 15) is 24.3 Å². The number of carbonyl (C=O) groups is 2. The minimum Gasteiger partial charge on any atom is -0.478 e. The van der Waals surface area contributed by atoms with Crippen molar-refractivity contribution < 1.29 is 28.6 Å². The number of hydrogen-bond acceptors (Lipinski definition) is 7. The molecule has 1 aromatic heterocycles. The molecule has 2 heterocycles. The fourth-order valence-electron chi connectivity index (χ4n) is 3.58. The summed E-state index contributed by atoms with van der Waals surface area (Å²) in [5.74, 6) is -2.03. The number of hydrogen-bond donors (Lipinski definition) is 2. The van der Waals surface area contributed by atoms with Gasteiger partial charge in [-0.05, 0) is 37.2 Å². The molecule has 0 radical (unpaired) electrons. The van der Waals surface area contributed by atoms with Crippen molar-refractivity contribution in [3.8, 4) is 0 Å². The molecule has 10 nitrogen and oxygen atoms in total. The number of aromatic carboxylic acids is 1. The summed E-state index contributed by atoms with van der Waals surface area (Å²) in [4.78, 5) is 50.7. The lowest BCUT2D eigenvalue weighted by atomic mass is 10.1. The van der Waals surface area contributed by atoms with E-state index in [0.29, 0.717) is 12.0 Å². The summed E-state index contributed by atoms with van der Waals surface area (Å²) in [5.41, 5.74) is -0.947. The van der Waals surface area contributed by atoms with Gasteiger partial charge in [-0.25, -0.2) is 14.4 Å². The number of aryl methyl sites for hydroxylation is 1. The van der Waals surface area contributed by atoms with Gasteiger partial charge in [0.1, 0.15) is 18.9 Å². The molecule has 3 atom stereocenters. The molecule has 0 spiro atoms. The van der Waals surface area contributed by atoms with Crippen LogP contribution in [0.4, 0.5) is 0 Å². The molecular formula is C24H32N2O8Si. The number of carboxylic acid groups (broad SMARTS) is 1. The third-order valence-electron chi connectivity index (χ3n) is 6.64. The number of aromatic nitrogens is 2. The van der Waals surface area contributed by atoms with Crippen LogP contribution in [0.5, 0.6) is 0 Å². The van der Waals surface area contributed by atoms with E-state index in [4.69, 9.17) is 13.9 Å². The van der Waals surface area contributed by atoms with E-state index in [2.05, 4.69) is 38.8 Å². The highest BCUT2D eigenvalue weighted by Gasteiger charge is 2.45. The Balaban J connectivity index is 1.86. The average Bonchev–Trinajstić information content (AvgIpc) is 3.15. The molecule has 2 N–H and O–H groups in total. The highest BCUT2D eigenvalue weighted by molar-refractivity contribution is 6.74. The normalized spacial score (nSPS) is 20.6. The van der Waals surface area contributed by atoms with Gasteiger partial charge in [-0.2, -0.15) is 0 Å². The van der Waals surface area contributed by atoms with Crippen molar-refractivity contribution in [1.82, 2.24) is 9.55 Å². The molecule has 190 valence electrons. The number of nitrogens with one attached hydrogen (secondary N) is 1. The van der Waals surface area contributed by atoms with Crippen molar-refractivity contribution >= 4 is 20.3 Å². The summed E-state index contributed by atoms with van der Waals surface area (Å²) in [6.45, 7) is 11.9. The number of ether oxygens (including phenoxy) is 2. The van der Waals surface area contributed by atoms with E-state index < -0.39 is 49.9 Å². The fraction of sp³-hybridized carbons (Fsp3) is 0.500. The van der Waals surface area contributed by atoms with Gasteiger partial charge >= 0.3 is 17.6 Å². The Bertz CT molecular complexity index is 1230. The summed E-state index contributed by atoms with van der Waals surface area (Å²) in [7, 11) is -2.26. The van der Waals surface area contributed by atoms with Gasteiger partial charge < -0.3 is 19.0 Å². The van der Waals surface area contributed by atoms with E-state index in [1.165, 1.54) is 29.0 Å². The van der Waals surface area contributed by atoms with E-state index >= 15 is 0 Å². The molecule has 3 rings (SSSR count). The molecule has 0 unspecified atom stereocenters. The molecular weight excluding hydrogens is 472 g/mol. The number of nitrogens with zero attached hydrogens (tertiary/aromatic N) is 1. The largest absolute Gasteiger partial charge is 0.478 e. The molecule has 0 aliphatic carbocycles. The Morgan fingerprint density at radius 3 is 2.43 bits per heavy atom. The number of esters is 1. The van der Waals surface area contributed by atoms with Crippen LogP contribution < -0.4 is 11.2 Å². The summed E-state index contributed by atoms with van der Waals surface area (Å²) < 4.78 is 19.4. The molecule has 0 amide bonds. The minimum absolute atomic E-state index is 0.0658. The monoisotopic (exact) mass is 504 g/mol. The summed E-state index contributed by atoms with van der Waals surface area (Å²) in [6.07, 6.45) is -0.169. The quantitative estimate of drug-likeness (QED) is 0.434. The Morgan fingerprint density at radius 2 is 1.83 bits per heavy atom.